The second-order valence-electron chi connectivity index (χ2n) is 2.83. The monoisotopic (exact) mass is 345 g/mol. The van der Waals surface area contributed by atoms with Gasteiger partial charge in [0.15, 0.2) is 0 Å². The van der Waals surface area contributed by atoms with Crippen LogP contribution in [0, 0.1) is 0 Å². The van der Waals surface area contributed by atoms with Crippen LogP contribution in [0.2, 0.25) is 0 Å². The molecule has 0 aromatic rings. The van der Waals surface area contributed by atoms with Gasteiger partial charge in [-0.15, -0.1) is 0 Å². The third-order valence-electron chi connectivity index (χ3n) is 1.62. The zero-order chi connectivity index (χ0) is 11.6. The maximum absolute atomic E-state index is 5.77. The Morgan fingerprint density at radius 2 is 1.47 bits per heavy atom. The van der Waals surface area contributed by atoms with E-state index in [2.05, 4.69) is 5.32 Å². The van der Waals surface area contributed by atoms with E-state index in [0.29, 0.717) is 19.8 Å². The minimum absolute atomic E-state index is 0.677. The quantitative estimate of drug-likeness (QED) is 0.369. The molecule has 0 heterocycles. The van der Waals surface area contributed by atoms with Crippen LogP contribution in [0.15, 0.2) is 0 Å². The van der Waals surface area contributed by atoms with Gasteiger partial charge in [0.05, 0.1) is 0 Å². The first kappa shape index (κ1) is 16.0. The van der Waals surface area contributed by atoms with Crippen LogP contribution in [0.25, 0.3) is 0 Å². The summed E-state index contributed by atoms with van der Waals surface area (Å²) in [5.74, 6) is 0.909. The summed E-state index contributed by atoms with van der Waals surface area (Å²) in [5.41, 5.74) is 0. The number of hydrogen-bond acceptors (Lipinski definition) is 5. The van der Waals surface area contributed by atoms with Crippen LogP contribution < -0.4 is 5.32 Å². The molecule has 0 aliphatic carbocycles. The van der Waals surface area contributed by atoms with E-state index in [4.69, 9.17) is 9.22 Å². The second-order valence-corrected chi connectivity index (χ2v) is 12.7. The number of nitrogens with one attached hydrogen (secondary N) is 1. The fourth-order valence-corrected chi connectivity index (χ4v) is 11.6. The Kier molecular flexibility index (Phi) is 10.8. The molecule has 0 saturated heterocycles. The van der Waals surface area contributed by atoms with Crippen molar-refractivity contribution in [1.29, 1.82) is 0 Å². The zero-order valence-electron chi connectivity index (χ0n) is 10.2. The van der Waals surface area contributed by atoms with Crippen molar-refractivity contribution in [2.75, 3.05) is 36.5 Å². The molecule has 4 nitrogen and oxygen atoms in total. The summed E-state index contributed by atoms with van der Waals surface area (Å²) >= 11 is -1.41. The first-order chi connectivity index (χ1) is 7.24. The number of rotatable bonds is 10. The van der Waals surface area contributed by atoms with Gasteiger partial charge < -0.3 is 0 Å². The van der Waals surface area contributed by atoms with Gasteiger partial charge in [-0.3, -0.25) is 0 Å². The van der Waals surface area contributed by atoms with Crippen molar-refractivity contribution in [3.8, 4) is 0 Å². The van der Waals surface area contributed by atoms with Crippen LogP contribution in [0.3, 0.4) is 0 Å². The van der Waals surface area contributed by atoms with E-state index in [1.165, 1.54) is 0 Å². The molecule has 0 atom stereocenters. The molecular formula is C9H23NO3SSn. The van der Waals surface area contributed by atoms with Crippen molar-refractivity contribution in [3.05, 3.63) is 0 Å². The topological polar surface area (TPSA) is 39.7 Å². The Morgan fingerprint density at radius 1 is 1.00 bits per heavy atom. The first-order valence-electron chi connectivity index (χ1n) is 5.38. The summed E-state index contributed by atoms with van der Waals surface area (Å²) in [7, 11) is 1.94. The van der Waals surface area contributed by atoms with Crippen molar-refractivity contribution in [1.82, 2.24) is 5.32 Å². The average Bonchev–Trinajstić information content (AvgIpc) is 2.19. The van der Waals surface area contributed by atoms with Gasteiger partial charge in [0.2, 0.25) is 0 Å². The molecule has 0 unspecified atom stereocenters. The Morgan fingerprint density at radius 3 is 1.80 bits per heavy atom. The van der Waals surface area contributed by atoms with E-state index >= 15 is 0 Å². The molecule has 0 aromatic carbocycles. The van der Waals surface area contributed by atoms with E-state index in [1.807, 2.05) is 27.8 Å². The van der Waals surface area contributed by atoms with Gasteiger partial charge >= 0.3 is 103 Å². The molecule has 0 fully saturated rings. The van der Waals surface area contributed by atoms with E-state index in [1.54, 1.807) is 11.8 Å². The van der Waals surface area contributed by atoms with Crippen molar-refractivity contribution >= 4 is 31.4 Å². The molecule has 92 valence electrons. The van der Waals surface area contributed by atoms with Gasteiger partial charge in [0.25, 0.3) is 0 Å². The van der Waals surface area contributed by atoms with Crippen molar-refractivity contribution in [3.63, 3.8) is 0 Å². The SMILES string of the molecule is CC[O][Sn]([CH2]SCNC)([O]CC)[O]CC. The predicted molar refractivity (Wildman–Crippen MR) is 67.0 cm³/mol. The normalized spacial score (nSPS) is 12.0. The molecule has 0 aliphatic heterocycles. The fourth-order valence-electron chi connectivity index (χ4n) is 1.19. The molecule has 0 bridgehead atoms. The van der Waals surface area contributed by atoms with Gasteiger partial charge in [-0.2, -0.15) is 0 Å². The molecular weight excluding hydrogens is 321 g/mol. The molecule has 0 aromatic heterocycles. The van der Waals surface area contributed by atoms with Gasteiger partial charge in [-0.25, -0.2) is 0 Å². The Bertz CT molecular complexity index is 134. The summed E-state index contributed by atoms with van der Waals surface area (Å²) in [6, 6.07) is 0. The van der Waals surface area contributed by atoms with Crippen molar-refractivity contribution in [2.24, 2.45) is 0 Å². The second kappa shape index (κ2) is 10.2. The van der Waals surface area contributed by atoms with E-state index < -0.39 is 19.6 Å². The number of hydrogen-bond donors (Lipinski definition) is 1. The molecule has 0 rings (SSSR count). The van der Waals surface area contributed by atoms with Gasteiger partial charge in [-0.05, 0) is 0 Å². The summed E-state index contributed by atoms with van der Waals surface area (Å²) in [5, 5.41) is 3.10. The van der Waals surface area contributed by atoms with Crippen LogP contribution in [0.4, 0.5) is 0 Å². The molecule has 0 radical (unpaired) electrons. The third kappa shape index (κ3) is 7.01. The van der Waals surface area contributed by atoms with Crippen LogP contribution >= 0.6 is 11.8 Å². The molecule has 0 amide bonds. The van der Waals surface area contributed by atoms with Gasteiger partial charge in [0.1, 0.15) is 0 Å². The standard InChI is InChI=1S/C3H8NS.3C2H5O.Sn/c1-4-3-5-2;3*1-2-3;/h4H,2-3H2,1H3;3*2H2,1H3;/q;3*-1;+3. The summed E-state index contributed by atoms with van der Waals surface area (Å²) in [4.78, 5) is 0. The zero-order valence-corrected chi connectivity index (χ0v) is 13.8. The van der Waals surface area contributed by atoms with Crippen LogP contribution in [-0.2, 0) is 9.22 Å². The van der Waals surface area contributed by atoms with Gasteiger partial charge in [0, 0.05) is 0 Å². The molecule has 0 saturated carbocycles. The predicted octanol–water partition coefficient (Wildman–Crippen LogP) is 1.48. The van der Waals surface area contributed by atoms with Crippen LogP contribution in [-0.4, -0.2) is 56.1 Å². The van der Waals surface area contributed by atoms with E-state index in [-0.39, 0.29) is 0 Å². The van der Waals surface area contributed by atoms with Gasteiger partial charge in [-0.1, -0.05) is 0 Å². The Hall–Kier alpha value is 0.989. The summed E-state index contributed by atoms with van der Waals surface area (Å²) in [6.45, 7) is 8.01. The summed E-state index contributed by atoms with van der Waals surface area (Å²) in [6.07, 6.45) is 0. The maximum atomic E-state index is 5.77. The Balaban J connectivity index is 4.18. The molecule has 15 heavy (non-hydrogen) atoms. The van der Waals surface area contributed by atoms with E-state index in [9.17, 15) is 0 Å². The first-order valence-corrected chi connectivity index (χ1v) is 12.1. The summed E-state index contributed by atoms with van der Waals surface area (Å²) < 4.78 is 18.2. The van der Waals surface area contributed by atoms with E-state index in [0.717, 1.165) is 9.65 Å². The number of thioether (sulfide) groups is 1. The average molecular weight is 344 g/mol. The molecule has 0 aliphatic rings. The fraction of sp³-hybridized carbons (Fsp3) is 1.00. The Labute approximate surface area is 103 Å². The van der Waals surface area contributed by atoms with Crippen molar-refractivity contribution < 1.29 is 9.22 Å². The third-order valence-corrected chi connectivity index (χ3v) is 13.7. The minimum atomic E-state index is -3.20. The molecule has 0 spiro atoms. The van der Waals surface area contributed by atoms with Crippen molar-refractivity contribution in [2.45, 2.75) is 20.8 Å². The van der Waals surface area contributed by atoms with Crippen LogP contribution in [0.1, 0.15) is 20.8 Å². The molecule has 6 heteroatoms. The van der Waals surface area contributed by atoms with Crippen LogP contribution in [0.5, 0.6) is 0 Å². The molecule has 1 N–H and O–H groups in total.